The van der Waals surface area contributed by atoms with Crippen LogP contribution in [-0.2, 0) is 20.4 Å². The molecule has 9 heavy (non-hydrogen) atoms. The molecule has 0 aromatic rings. The van der Waals surface area contributed by atoms with Gasteiger partial charge in [-0.3, -0.25) is 0 Å². The van der Waals surface area contributed by atoms with Crippen molar-refractivity contribution in [3.63, 3.8) is 0 Å². The minimum absolute atomic E-state index is 0. The number of halogens is 3. The Labute approximate surface area is 98.9 Å². The number of hydrogen-bond donors (Lipinski definition) is 0. The van der Waals surface area contributed by atoms with Crippen LogP contribution in [-0.4, -0.2) is 0 Å². The third-order valence-corrected chi connectivity index (χ3v) is 1.35. The van der Waals surface area contributed by atoms with Crippen LogP contribution in [0.1, 0.15) is 6.42 Å². The van der Waals surface area contributed by atoms with Gasteiger partial charge in [-0.25, -0.2) is 0 Å². The second-order valence-corrected chi connectivity index (χ2v) is 2.33. The van der Waals surface area contributed by atoms with Gasteiger partial charge in [-0.05, 0) is 0 Å². The monoisotopic (exact) mass is 350 g/mol. The number of rotatable bonds is 0. The van der Waals surface area contributed by atoms with Crippen LogP contribution in [0.2, 0.25) is 0 Å². The Kier molecular flexibility index (Phi) is 18.1. The van der Waals surface area contributed by atoms with Crippen LogP contribution in [0.25, 0.3) is 0 Å². The molecule has 0 atom stereocenters. The summed E-state index contributed by atoms with van der Waals surface area (Å²) in [5, 5.41) is 0. The SMILES string of the molecule is [Br-].[Br-].[Br-].[Ti+3][C]1=CC=CC1. The molecule has 0 fully saturated rings. The minimum atomic E-state index is 0. The molecular weight excluding hydrogens is 348 g/mol. The van der Waals surface area contributed by atoms with E-state index in [0.717, 1.165) is 0 Å². The molecule has 0 nitrogen and oxygen atoms in total. The summed E-state index contributed by atoms with van der Waals surface area (Å²) in [6, 6.07) is 0. The van der Waals surface area contributed by atoms with Crippen molar-refractivity contribution in [2.45, 2.75) is 6.42 Å². The summed E-state index contributed by atoms with van der Waals surface area (Å²) in [5.41, 5.74) is 0. The Bertz CT molecular complexity index is 109. The van der Waals surface area contributed by atoms with Crippen LogP contribution in [0.4, 0.5) is 0 Å². The fourth-order valence-electron chi connectivity index (χ4n) is 0.447. The number of hydrogen-bond acceptors (Lipinski definition) is 0. The topological polar surface area (TPSA) is 0 Å². The quantitative estimate of drug-likeness (QED) is 0.380. The van der Waals surface area contributed by atoms with E-state index in [4.69, 9.17) is 0 Å². The molecule has 0 bridgehead atoms. The van der Waals surface area contributed by atoms with E-state index < -0.39 is 0 Å². The summed E-state index contributed by atoms with van der Waals surface area (Å²) in [6.45, 7) is 0. The Hall–Kier alpha value is 1.63. The molecule has 0 unspecified atom stereocenters. The second kappa shape index (κ2) is 9.63. The molecule has 0 N–H and O–H groups in total. The maximum absolute atomic E-state index is 2.16. The van der Waals surface area contributed by atoms with E-state index >= 15 is 0 Å². The van der Waals surface area contributed by atoms with Crippen LogP contribution in [0, 0.1) is 0 Å². The van der Waals surface area contributed by atoms with Gasteiger partial charge in [0.25, 0.3) is 0 Å². The van der Waals surface area contributed by atoms with Crippen molar-refractivity contribution in [1.29, 1.82) is 0 Å². The van der Waals surface area contributed by atoms with Gasteiger partial charge in [-0.1, -0.05) is 0 Å². The summed E-state index contributed by atoms with van der Waals surface area (Å²) < 4.78 is 1.47. The Morgan fingerprint density at radius 3 is 1.89 bits per heavy atom. The molecule has 1 aliphatic carbocycles. The van der Waals surface area contributed by atoms with E-state index in [1.165, 1.54) is 10.3 Å². The van der Waals surface area contributed by atoms with Crippen LogP contribution in [0.3, 0.4) is 0 Å². The van der Waals surface area contributed by atoms with E-state index in [0.29, 0.717) is 0 Å². The van der Waals surface area contributed by atoms with Crippen LogP contribution < -0.4 is 50.9 Å². The maximum atomic E-state index is 2.16. The zero-order valence-electron chi connectivity index (χ0n) is 4.57. The molecule has 1 rings (SSSR count). The van der Waals surface area contributed by atoms with Gasteiger partial charge >= 0.3 is 49.0 Å². The fourth-order valence-corrected chi connectivity index (χ4v) is 0.782. The molecule has 4 heteroatoms. The standard InChI is InChI=1S/C5H5.3BrH.Ti/c1-2-4-5-3-1;;;;/h1-3H,4H2;3*1H;/q;;;;+3/p-3. The van der Waals surface area contributed by atoms with Gasteiger partial charge < -0.3 is 50.9 Å². The molecule has 0 aliphatic heterocycles. The van der Waals surface area contributed by atoms with Gasteiger partial charge in [0.1, 0.15) is 0 Å². The Morgan fingerprint density at radius 1 is 1.22 bits per heavy atom. The zero-order chi connectivity index (χ0) is 4.41. The molecular formula is C5H5Br3Ti. The average Bonchev–Trinajstić information content (AvgIpc) is 1.86. The molecule has 0 saturated heterocycles. The molecule has 50 valence electrons. The van der Waals surface area contributed by atoms with Crippen LogP contribution in [0.15, 0.2) is 22.1 Å². The van der Waals surface area contributed by atoms with Gasteiger partial charge in [-0.2, -0.15) is 0 Å². The van der Waals surface area contributed by atoms with Crippen molar-refractivity contribution < 1.29 is 71.4 Å². The normalized spacial score (nSPS) is 12.4. The molecule has 0 aromatic heterocycles. The predicted octanol–water partition coefficient (Wildman–Crippen LogP) is -7.61. The fraction of sp³-hybridized carbons (Fsp3) is 0.200. The first kappa shape index (κ1) is 16.9. The average molecular weight is 353 g/mol. The van der Waals surface area contributed by atoms with E-state index in [-0.39, 0.29) is 50.9 Å². The third-order valence-electron chi connectivity index (χ3n) is 0.771. The van der Waals surface area contributed by atoms with Crippen molar-refractivity contribution in [2.24, 2.45) is 0 Å². The van der Waals surface area contributed by atoms with E-state index in [1.54, 1.807) is 0 Å². The zero-order valence-corrected chi connectivity index (χ0v) is 10.9. The molecule has 0 amide bonds. The van der Waals surface area contributed by atoms with Crippen molar-refractivity contribution >= 4 is 0 Å². The van der Waals surface area contributed by atoms with Gasteiger partial charge in [0.05, 0.1) is 0 Å². The van der Waals surface area contributed by atoms with Gasteiger partial charge in [0, 0.05) is 0 Å². The summed E-state index contributed by atoms with van der Waals surface area (Å²) in [7, 11) is 0. The van der Waals surface area contributed by atoms with Crippen molar-refractivity contribution in [3.8, 4) is 0 Å². The summed E-state index contributed by atoms with van der Waals surface area (Å²) in [4.78, 5) is 0. The number of allylic oxidation sites excluding steroid dienone is 4. The molecule has 1 aliphatic rings. The first-order valence-electron chi connectivity index (χ1n) is 1.97. The first-order valence-corrected chi connectivity index (χ1v) is 2.75. The van der Waals surface area contributed by atoms with Crippen molar-refractivity contribution in [1.82, 2.24) is 0 Å². The van der Waals surface area contributed by atoms with Crippen molar-refractivity contribution in [3.05, 3.63) is 22.1 Å². The van der Waals surface area contributed by atoms with Crippen molar-refractivity contribution in [2.75, 3.05) is 0 Å². The Morgan fingerprint density at radius 2 is 1.78 bits per heavy atom. The molecule has 0 heterocycles. The molecule has 0 spiro atoms. The molecule has 0 aromatic carbocycles. The van der Waals surface area contributed by atoms with E-state index in [9.17, 15) is 0 Å². The molecule has 0 saturated carbocycles. The predicted molar refractivity (Wildman–Crippen MR) is 21.8 cm³/mol. The van der Waals surface area contributed by atoms with Gasteiger partial charge in [0.2, 0.25) is 0 Å². The molecule has 0 radical (unpaired) electrons. The Balaban J connectivity index is -0.000000120. The summed E-state index contributed by atoms with van der Waals surface area (Å²) in [5.74, 6) is 0. The van der Waals surface area contributed by atoms with Gasteiger partial charge in [-0.15, -0.1) is 0 Å². The van der Waals surface area contributed by atoms with Crippen LogP contribution >= 0.6 is 0 Å². The van der Waals surface area contributed by atoms with E-state index in [2.05, 4.69) is 38.7 Å². The second-order valence-electron chi connectivity index (χ2n) is 1.32. The summed E-state index contributed by atoms with van der Waals surface area (Å²) >= 11 is 2.14. The van der Waals surface area contributed by atoms with Crippen LogP contribution in [0.5, 0.6) is 0 Å². The first-order chi connectivity index (χ1) is 2.89. The van der Waals surface area contributed by atoms with E-state index in [1.807, 2.05) is 0 Å². The third kappa shape index (κ3) is 7.53. The van der Waals surface area contributed by atoms with Gasteiger partial charge in [0.15, 0.2) is 0 Å². The summed E-state index contributed by atoms with van der Waals surface area (Å²) in [6.07, 6.45) is 7.56.